The molecular formula is C18H15F2N3O3. The van der Waals surface area contributed by atoms with Gasteiger partial charge in [-0.15, -0.1) is 0 Å². The molecule has 0 bridgehead atoms. The minimum Gasteiger partial charge on any atom is -0.435 e. The fourth-order valence-corrected chi connectivity index (χ4v) is 2.19. The number of alkyl halides is 2. The van der Waals surface area contributed by atoms with Crippen LogP contribution in [-0.2, 0) is 16.1 Å². The molecule has 0 spiro atoms. The van der Waals surface area contributed by atoms with E-state index in [1.165, 1.54) is 36.2 Å². The molecule has 0 unspecified atom stereocenters. The first-order chi connectivity index (χ1) is 12.4. The van der Waals surface area contributed by atoms with Crippen molar-refractivity contribution in [2.75, 3.05) is 12.4 Å². The maximum atomic E-state index is 12.2. The third-order valence-electron chi connectivity index (χ3n) is 3.33. The molecule has 0 fully saturated rings. The molecule has 0 aromatic heterocycles. The van der Waals surface area contributed by atoms with E-state index in [1.807, 2.05) is 6.07 Å². The van der Waals surface area contributed by atoms with Crippen molar-refractivity contribution in [1.82, 2.24) is 4.90 Å². The van der Waals surface area contributed by atoms with E-state index in [9.17, 15) is 18.4 Å². The summed E-state index contributed by atoms with van der Waals surface area (Å²) in [4.78, 5) is 25.4. The topological polar surface area (TPSA) is 82.4 Å². The number of nitriles is 1. The molecule has 0 heterocycles. The predicted molar refractivity (Wildman–Crippen MR) is 89.3 cm³/mol. The number of hydrogen-bond donors (Lipinski definition) is 1. The number of anilines is 1. The Labute approximate surface area is 148 Å². The highest BCUT2D eigenvalue weighted by molar-refractivity contribution is 6.39. The van der Waals surface area contributed by atoms with Crippen molar-refractivity contribution in [2.45, 2.75) is 13.2 Å². The number of nitrogens with one attached hydrogen (secondary N) is 1. The molecular weight excluding hydrogens is 344 g/mol. The molecule has 0 atom stereocenters. The summed E-state index contributed by atoms with van der Waals surface area (Å²) in [6, 6.07) is 14.0. The number of halogens is 2. The number of carbonyl (C=O) groups excluding carboxylic acids is 2. The smallest absolute Gasteiger partial charge is 0.387 e. The second kappa shape index (κ2) is 8.58. The molecule has 2 aromatic carbocycles. The van der Waals surface area contributed by atoms with Crippen LogP contribution in [0.4, 0.5) is 14.5 Å². The Hall–Kier alpha value is -3.47. The van der Waals surface area contributed by atoms with Gasteiger partial charge in [0, 0.05) is 25.3 Å². The van der Waals surface area contributed by atoms with Crippen LogP contribution in [0, 0.1) is 11.3 Å². The zero-order valence-electron chi connectivity index (χ0n) is 13.8. The molecule has 6 nitrogen and oxygen atoms in total. The van der Waals surface area contributed by atoms with Gasteiger partial charge in [-0.1, -0.05) is 18.2 Å². The van der Waals surface area contributed by atoms with E-state index in [-0.39, 0.29) is 18.0 Å². The van der Waals surface area contributed by atoms with Gasteiger partial charge < -0.3 is 15.0 Å². The van der Waals surface area contributed by atoms with Crippen molar-refractivity contribution in [2.24, 2.45) is 0 Å². The Balaban J connectivity index is 2.00. The third-order valence-corrected chi connectivity index (χ3v) is 3.33. The van der Waals surface area contributed by atoms with Crippen LogP contribution < -0.4 is 10.1 Å². The Morgan fingerprint density at radius 1 is 1.23 bits per heavy atom. The summed E-state index contributed by atoms with van der Waals surface area (Å²) in [5, 5.41) is 11.2. The Morgan fingerprint density at radius 3 is 2.65 bits per heavy atom. The summed E-state index contributed by atoms with van der Waals surface area (Å²) in [6.07, 6.45) is 0. The van der Waals surface area contributed by atoms with Crippen molar-refractivity contribution in [3.05, 3.63) is 59.7 Å². The summed E-state index contributed by atoms with van der Waals surface area (Å²) in [6.45, 7) is -2.85. The maximum absolute atomic E-state index is 12.2. The van der Waals surface area contributed by atoms with Gasteiger partial charge in [0.05, 0.1) is 11.6 Å². The number of amides is 2. The fourth-order valence-electron chi connectivity index (χ4n) is 2.19. The average molecular weight is 359 g/mol. The number of benzene rings is 2. The Morgan fingerprint density at radius 2 is 1.96 bits per heavy atom. The van der Waals surface area contributed by atoms with Crippen LogP contribution in [0.3, 0.4) is 0 Å². The molecule has 2 aromatic rings. The Kier molecular flexibility index (Phi) is 6.22. The number of carbonyl (C=O) groups is 2. The second-order valence-corrected chi connectivity index (χ2v) is 5.33. The normalized spacial score (nSPS) is 10.1. The zero-order valence-corrected chi connectivity index (χ0v) is 13.8. The van der Waals surface area contributed by atoms with Gasteiger partial charge in [-0.25, -0.2) is 0 Å². The maximum Gasteiger partial charge on any atom is 0.387 e. The molecule has 2 rings (SSSR count). The van der Waals surface area contributed by atoms with Crippen molar-refractivity contribution < 1.29 is 23.1 Å². The largest absolute Gasteiger partial charge is 0.435 e. The summed E-state index contributed by atoms with van der Waals surface area (Å²) in [5.74, 6) is -1.86. The van der Waals surface area contributed by atoms with E-state index in [0.717, 1.165) is 0 Å². The van der Waals surface area contributed by atoms with Crippen LogP contribution in [0.25, 0.3) is 0 Å². The standard InChI is InChI=1S/C18H15F2N3O3/c1-23(11-13-5-2-4-12(8-13)10-21)17(25)16(24)22-14-6-3-7-15(9-14)26-18(19)20/h2-9,18H,11H2,1H3,(H,22,24). The molecule has 0 saturated heterocycles. The summed E-state index contributed by atoms with van der Waals surface area (Å²) in [5.41, 5.74) is 1.30. The first-order valence-electron chi connectivity index (χ1n) is 7.49. The zero-order chi connectivity index (χ0) is 19.1. The molecule has 2 amide bonds. The number of likely N-dealkylation sites (N-methyl/N-ethyl adjacent to an activating group) is 1. The quantitative estimate of drug-likeness (QED) is 0.832. The molecule has 134 valence electrons. The van der Waals surface area contributed by atoms with Crippen LogP contribution in [0.1, 0.15) is 11.1 Å². The van der Waals surface area contributed by atoms with Crippen LogP contribution in [0.15, 0.2) is 48.5 Å². The number of ether oxygens (including phenoxy) is 1. The van der Waals surface area contributed by atoms with Crippen LogP contribution in [-0.4, -0.2) is 30.4 Å². The van der Waals surface area contributed by atoms with E-state index in [4.69, 9.17) is 5.26 Å². The molecule has 26 heavy (non-hydrogen) atoms. The van der Waals surface area contributed by atoms with Gasteiger partial charge in [-0.2, -0.15) is 14.0 Å². The molecule has 0 aliphatic heterocycles. The van der Waals surface area contributed by atoms with Gasteiger partial charge in [-0.05, 0) is 29.8 Å². The fraction of sp³-hybridized carbons (Fsp3) is 0.167. The number of nitrogens with zero attached hydrogens (tertiary/aromatic N) is 2. The van der Waals surface area contributed by atoms with Crippen molar-refractivity contribution in [1.29, 1.82) is 5.26 Å². The van der Waals surface area contributed by atoms with Gasteiger partial charge in [0.1, 0.15) is 5.75 Å². The van der Waals surface area contributed by atoms with E-state index < -0.39 is 18.4 Å². The lowest BCUT2D eigenvalue weighted by Gasteiger charge is -2.17. The molecule has 1 N–H and O–H groups in total. The Bertz CT molecular complexity index is 850. The number of hydrogen-bond acceptors (Lipinski definition) is 4. The minimum absolute atomic E-state index is 0.132. The molecule has 0 aliphatic rings. The van der Waals surface area contributed by atoms with Crippen molar-refractivity contribution in [3.8, 4) is 11.8 Å². The molecule has 0 saturated carbocycles. The average Bonchev–Trinajstić information content (AvgIpc) is 2.60. The van der Waals surface area contributed by atoms with Crippen molar-refractivity contribution in [3.63, 3.8) is 0 Å². The highest BCUT2D eigenvalue weighted by Crippen LogP contribution is 2.19. The van der Waals surface area contributed by atoms with Gasteiger partial charge in [0.25, 0.3) is 0 Å². The van der Waals surface area contributed by atoms with Crippen molar-refractivity contribution >= 4 is 17.5 Å². The van der Waals surface area contributed by atoms with E-state index in [1.54, 1.807) is 24.3 Å². The highest BCUT2D eigenvalue weighted by atomic mass is 19.3. The third kappa shape index (κ3) is 5.27. The van der Waals surface area contributed by atoms with Gasteiger partial charge in [0.15, 0.2) is 0 Å². The lowest BCUT2D eigenvalue weighted by atomic mass is 10.1. The highest BCUT2D eigenvalue weighted by Gasteiger charge is 2.19. The first-order valence-corrected chi connectivity index (χ1v) is 7.49. The minimum atomic E-state index is -2.99. The van der Waals surface area contributed by atoms with Crippen LogP contribution in [0.2, 0.25) is 0 Å². The van der Waals surface area contributed by atoms with E-state index >= 15 is 0 Å². The van der Waals surface area contributed by atoms with Gasteiger partial charge >= 0.3 is 18.4 Å². The van der Waals surface area contributed by atoms with E-state index in [2.05, 4.69) is 10.1 Å². The number of rotatable bonds is 5. The lowest BCUT2D eigenvalue weighted by Crippen LogP contribution is -2.36. The monoisotopic (exact) mass is 359 g/mol. The molecule has 0 aliphatic carbocycles. The SMILES string of the molecule is CN(Cc1cccc(C#N)c1)C(=O)C(=O)Nc1cccc(OC(F)F)c1. The second-order valence-electron chi connectivity index (χ2n) is 5.33. The van der Waals surface area contributed by atoms with Gasteiger partial charge in [-0.3, -0.25) is 9.59 Å². The lowest BCUT2D eigenvalue weighted by molar-refractivity contribution is -0.142. The van der Waals surface area contributed by atoms with Crippen LogP contribution >= 0.6 is 0 Å². The molecule has 8 heteroatoms. The predicted octanol–water partition coefficient (Wildman–Crippen LogP) is 2.76. The summed E-state index contributed by atoms with van der Waals surface area (Å²) >= 11 is 0. The summed E-state index contributed by atoms with van der Waals surface area (Å²) < 4.78 is 28.7. The molecule has 0 radical (unpaired) electrons. The van der Waals surface area contributed by atoms with Crippen LogP contribution in [0.5, 0.6) is 5.75 Å². The van der Waals surface area contributed by atoms with E-state index in [0.29, 0.717) is 11.1 Å². The summed E-state index contributed by atoms with van der Waals surface area (Å²) in [7, 11) is 1.44. The first kappa shape index (κ1) is 18.9. The van der Waals surface area contributed by atoms with Gasteiger partial charge in [0.2, 0.25) is 0 Å².